The molecule has 0 saturated heterocycles. The number of hydrogen-bond donors (Lipinski definition) is 3. The van der Waals surface area contributed by atoms with E-state index in [1.807, 2.05) is 12.3 Å². The molecule has 26 heavy (non-hydrogen) atoms. The van der Waals surface area contributed by atoms with Crippen molar-refractivity contribution in [1.82, 2.24) is 15.5 Å². The molecule has 0 bridgehead atoms. The van der Waals surface area contributed by atoms with Gasteiger partial charge in [0.15, 0.2) is 0 Å². The fourth-order valence-corrected chi connectivity index (χ4v) is 3.90. The van der Waals surface area contributed by atoms with Crippen LogP contribution in [-0.2, 0) is 18.6 Å². The number of aromatic nitrogens is 2. The number of aliphatic hydroxyl groups is 1. The van der Waals surface area contributed by atoms with Crippen LogP contribution in [0, 0.1) is 6.92 Å². The second-order valence-corrected chi connectivity index (χ2v) is 7.28. The number of nitrogens with zero attached hydrogens (tertiary/aromatic N) is 1. The molecule has 3 N–H and O–H groups in total. The topological polar surface area (TPSA) is 60.9 Å². The number of aryl methyl sites for hydroxylation is 2. The van der Waals surface area contributed by atoms with Gasteiger partial charge in [-0.1, -0.05) is 54.1 Å². The van der Waals surface area contributed by atoms with Crippen LogP contribution < -0.4 is 5.32 Å². The Hall–Kier alpha value is -2.43. The second-order valence-electron chi connectivity index (χ2n) is 7.28. The Labute approximate surface area is 154 Å². The Bertz CT molecular complexity index is 884. The number of benzene rings is 2. The van der Waals surface area contributed by atoms with Crippen molar-refractivity contribution in [2.45, 2.75) is 38.3 Å². The molecule has 4 nitrogen and oxygen atoms in total. The van der Waals surface area contributed by atoms with Crippen LogP contribution in [0.15, 0.2) is 54.7 Å². The zero-order valence-corrected chi connectivity index (χ0v) is 15.1. The minimum absolute atomic E-state index is 0.544. The molecule has 0 radical (unpaired) electrons. The van der Waals surface area contributed by atoms with Crippen molar-refractivity contribution in [1.29, 1.82) is 0 Å². The van der Waals surface area contributed by atoms with Gasteiger partial charge < -0.3 is 10.4 Å². The second kappa shape index (κ2) is 7.06. The van der Waals surface area contributed by atoms with Gasteiger partial charge in [0.05, 0.1) is 11.9 Å². The van der Waals surface area contributed by atoms with Gasteiger partial charge in [0.25, 0.3) is 0 Å². The summed E-state index contributed by atoms with van der Waals surface area (Å²) >= 11 is 0. The quantitative estimate of drug-likeness (QED) is 0.659. The van der Waals surface area contributed by atoms with Gasteiger partial charge in [-0.25, -0.2) is 0 Å². The SMILES string of the molecule is Cc1ccc(-c2[nH]ncc2CNCC2(O)CCCc3ccccc32)cc1. The highest BCUT2D eigenvalue weighted by molar-refractivity contribution is 5.62. The van der Waals surface area contributed by atoms with Crippen molar-refractivity contribution in [2.75, 3.05) is 6.54 Å². The average molecular weight is 347 g/mol. The number of hydrogen-bond acceptors (Lipinski definition) is 3. The predicted octanol–water partition coefficient (Wildman–Crippen LogP) is 3.70. The van der Waals surface area contributed by atoms with Crippen molar-refractivity contribution in [3.63, 3.8) is 0 Å². The van der Waals surface area contributed by atoms with E-state index < -0.39 is 5.60 Å². The maximum atomic E-state index is 11.2. The van der Waals surface area contributed by atoms with Gasteiger partial charge in [-0.2, -0.15) is 5.10 Å². The summed E-state index contributed by atoms with van der Waals surface area (Å²) in [7, 11) is 0. The number of nitrogens with one attached hydrogen (secondary N) is 2. The lowest BCUT2D eigenvalue weighted by molar-refractivity contribution is 0.0189. The Morgan fingerprint density at radius 1 is 1.15 bits per heavy atom. The minimum atomic E-state index is -0.789. The maximum absolute atomic E-state index is 11.2. The predicted molar refractivity (Wildman–Crippen MR) is 104 cm³/mol. The van der Waals surface area contributed by atoms with Crippen LogP contribution in [0.1, 0.15) is 35.1 Å². The van der Waals surface area contributed by atoms with Crippen molar-refractivity contribution in [2.24, 2.45) is 0 Å². The average Bonchev–Trinajstić information content (AvgIpc) is 3.11. The van der Waals surface area contributed by atoms with Gasteiger partial charge in [0.1, 0.15) is 5.60 Å². The molecule has 0 aliphatic heterocycles. The zero-order chi connectivity index (χ0) is 18.0. The van der Waals surface area contributed by atoms with Crippen LogP contribution in [0.4, 0.5) is 0 Å². The molecule has 0 amide bonds. The molecule has 0 saturated carbocycles. The molecular weight excluding hydrogens is 322 g/mol. The number of fused-ring (bicyclic) bond motifs is 1. The Balaban J connectivity index is 1.47. The first-order valence-corrected chi connectivity index (χ1v) is 9.26. The number of aromatic amines is 1. The molecule has 1 heterocycles. The molecule has 4 rings (SSSR count). The van der Waals surface area contributed by atoms with Crippen LogP contribution in [-0.4, -0.2) is 21.8 Å². The number of H-pyrrole nitrogens is 1. The van der Waals surface area contributed by atoms with Crippen molar-refractivity contribution < 1.29 is 5.11 Å². The van der Waals surface area contributed by atoms with Crippen LogP contribution >= 0.6 is 0 Å². The molecule has 0 fully saturated rings. The summed E-state index contributed by atoms with van der Waals surface area (Å²) in [6.07, 6.45) is 4.74. The van der Waals surface area contributed by atoms with Crippen LogP contribution in [0.3, 0.4) is 0 Å². The van der Waals surface area contributed by atoms with Crippen molar-refractivity contribution in [3.05, 3.63) is 77.0 Å². The van der Waals surface area contributed by atoms with E-state index in [9.17, 15) is 5.11 Å². The van der Waals surface area contributed by atoms with Gasteiger partial charge in [-0.15, -0.1) is 0 Å². The van der Waals surface area contributed by atoms with Gasteiger partial charge in [0.2, 0.25) is 0 Å². The fourth-order valence-electron chi connectivity index (χ4n) is 3.90. The summed E-state index contributed by atoms with van der Waals surface area (Å²) in [5.41, 5.74) is 6.08. The van der Waals surface area contributed by atoms with Crippen LogP contribution in [0.5, 0.6) is 0 Å². The Kier molecular flexibility index (Phi) is 4.62. The maximum Gasteiger partial charge on any atom is 0.102 e. The van der Waals surface area contributed by atoms with Crippen molar-refractivity contribution in [3.8, 4) is 11.3 Å². The standard InChI is InChI=1S/C22H25N3O/c1-16-8-10-18(11-9-16)21-19(14-24-25-21)13-23-15-22(26)12-4-6-17-5-2-3-7-20(17)22/h2-3,5,7-11,14,23,26H,4,6,12-13,15H2,1H3,(H,24,25). The third-order valence-corrected chi connectivity index (χ3v) is 5.35. The lowest BCUT2D eigenvalue weighted by atomic mass is 9.79. The minimum Gasteiger partial charge on any atom is -0.384 e. The van der Waals surface area contributed by atoms with Gasteiger partial charge in [-0.05, 0) is 42.9 Å². The van der Waals surface area contributed by atoms with Crippen LogP contribution in [0.2, 0.25) is 0 Å². The van der Waals surface area contributed by atoms with Gasteiger partial charge in [0, 0.05) is 18.7 Å². The molecule has 3 aromatic rings. The van der Waals surface area contributed by atoms with E-state index in [0.717, 1.165) is 41.6 Å². The molecule has 4 heteroatoms. The molecule has 1 aliphatic rings. The summed E-state index contributed by atoms with van der Waals surface area (Å²) < 4.78 is 0. The third-order valence-electron chi connectivity index (χ3n) is 5.35. The van der Waals surface area contributed by atoms with Crippen molar-refractivity contribution >= 4 is 0 Å². The van der Waals surface area contributed by atoms with E-state index in [2.05, 4.69) is 64.9 Å². The molecule has 1 aliphatic carbocycles. The van der Waals surface area contributed by atoms with E-state index in [4.69, 9.17) is 0 Å². The number of rotatable bonds is 5. The first kappa shape index (κ1) is 17.0. The smallest absolute Gasteiger partial charge is 0.102 e. The molecule has 134 valence electrons. The highest BCUT2D eigenvalue weighted by Gasteiger charge is 2.33. The van der Waals surface area contributed by atoms with E-state index >= 15 is 0 Å². The zero-order valence-electron chi connectivity index (χ0n) is 15.1. The van der Waals surface area contributed by atoms with E-state index in [0.29, 0.717) is 13.1 Å². The first-order valence-electron chi connectivity index (χ1n) is 9.26. The summed E-state index contributed by atoms with van der Waals surface area (Å²) in [6, 6.07) is 16.7. The Morgan fingerprint density at radius 2 is 1.96 bits per heavy atom. The highest BCUT2D eigenvalue weighted by Crippen LogP contribution is 2.34. The van der Waals surface area contributed by atoms with Gasteiger partial charge in [-0.3, -0.25) is 5.10 Å². The first-order chi connectivity index (χ1) is 12.7. The molecular formula is C22H25N3O. The highest BCUT2D eigenvalue weighted by atomic mass is 16.3. The van der Waals surface area contributed by atoms with Crippen LogP contribution in [0.25, 0.3) is 11.3 Å². The Morgan fingerprint density at radius 3 is 2.81 bits per heavy atom. The monoisotopic (exact) mass is 347 g/mol. The van der Waals surface area contributed by atoms with Gasteiger partial charge >= 0.3 is 0 Å². The summed E-state index contributed by atoms with van der Waals surface area (Å²) in [5, 5.41) is 21.9. The normalized spacial score (nSPS) is 19.3. The summed E-state index contributed by atoms with van der Waals surface area (Å²) in [6.45, 7) is 3.30. The van der Waals surface area contributed by atoms with E-state index in [1.165, 1.54) is 11.1 Å². The molecule has 1 aromatic heterocycles. The third kappa shape index (κ3) is 3.30. The lowest BCUT2D eigenvalue weighted by Crippen LogP contribution is -2.40. The molecule has 2 aromatic carbocycles. The largest absolute Gasteiger partial charge is 0.384 e. The molecule has 1 atom stereocenters. The van der Waals surface area contributed by atoms with E-state index in [1.54, 1.807) is 0 Å². The lowest BCUT2D eigenvalue weighted by Gasteiger charge is -2.34. The molecule has 1 unspecified atom stereocenters. The summed E-state index contributed by atoms with van der Waals surface area (Å²) in [4.78, 5) is 0. The van der Waals surface area contributed by atoms with E-state index in [-0.39, 0.29) is 0 Å². The molecule has 0 spiro atoms. The fraction of sp³-hybridized carbons (Fsp3) is 0.318. The summed E-state index contributed by atoms with van der Waals surface area (Å²) in [5.74, 6) is 0.